The number of benzene rings is 2. The smallest absolute Gasteiger partial charge is 0.368 e. The maximum atomic E-state index is 13.0. The number of rotatable bonds is 4. The Labute approximate surface area is 195 Å². The van der Waals surface area contributed by atoms with Gasteiger partial charge in [0.1, 0.15) is 0 Å². The largest absolute Gasteiger partial charge is 0.416 e. The number of likely N-dealkylation sites (tertiary alicyclic amines) is 1. The Morgan fingerprint density at radius 1 is 0.938 bits per heavy atom. The molecular weight excluding hydrogens is 483 g/mol. The molecule has 2 aliphatic rings. The number of alkyl halides is 3. The number of nitrogens with zero attached hydrogens (tertiary/aromatic N) is 3. The first-order valence-electron chi connectivity index (χ1n) is 11.0. The molecule has 0 aromatic heterocycles. The van der Waals surface area contributed by atoms with Crippen LogP contribution in [0.4, 0.5) is 18.9 Å². The number of hydrogen-bond donors (Lipinski definition) is 0. The maximum absolute atomic E-state index is 13.0. The summed E-state index contributed by atoms with van der Waals surface area (Å²) in [6.07, 6.45) is -2.65. The van der Waals surface area contributed by atoms with Gasteiger partial charge >= 0.3 is 6.18 Å². The molecule has 4 nitrogen and oxygen atoms in total. The second-order valence-corrected chi connectivity index (χ2v) is 9.45. The highest BCUT2D eigenvalue weighted by molar-refractivity contribution is 9.10. The van der Waals surface area contributed by atoms with Crippen LogP contribution in [0.1, 0.15) is 24.0 Å². The number of piperidine rings is 1. The number of hydrogen-bond acceptors (Lipinski definition) is 3. The van der Waals surface area contributed by atoms with Gasteiger partial charge in [0.05, 0.1) is 5.56 Å². The van der Waals surface area contributed by atoms with E-state index in [1.807, 2.05) is 21.9 Å². The molecule has 0 radical (unpaired) electrons. The fourth-order valence-electron chi connectivity index (χ4n) is 4.51. The third-order valence-corrected chi connectivity index (χ3v) is 6.91. The molecule has 0 N–H and O–H groups in total. The standard InChI is InChI=1S/C24H27BrF3N3O/c25-21-6-4-18(5-7-21)17-29-10-8-19(9-11-29)23(32)31-14-12-30(13-15-31)22-3-1-2-20(16-22)24(26,27)28/h1-7,16,19H,8-15,17H2. The number of halogens is 4. The highest BCUT2D eigenvalue weighted by Gasteiger charge is 2.32. The van der Waals surface area contributed by atoms with Gasteiger partial charge in [-0.2, -0.15) is 13.2 Å². The van der Waals surface area contributed by atoms with Gasteiger partial charge in [0.2, 0.25) is 5.91 Å². The highest BCUT2D eigenvalue weighted by Crippen LogP contribution is 2.32. The van der Waals surface area contributed by atoms with Gasteiger partial charge in [0.25, 0.3) is 0 Å². The molecule has 2 aromatic carbocycles. The van der Waals surface area contributed by atoms with Gasteiger partial charge in [0, 0.05) is 48.8 Å². The molecule has 2 fully saturated rings. The molecule has 2 aromatic rings. The summed E-state index contributed by atoms with van der Waals surface area (Å²) in [5, 5.41) is 0. The van der Waals surface area contributed by atoms with Gasteiger partial charge in [-0.25, -0.2) is 0 Å². The summed E-state index contributed by atoms with van der Waals surface area (Å²) in [5.41, 5.74) is 1.19. The van der Waals surface area contributed by atoms with Gasteiger partial charge in [-0.15, -0.1) is 0 Å². The molecule has 4 rings (SSSR count). The van der Waals surface area contributed by atoms with Crippen LogP contribution in [0.2, 0.25) is 0 Å². The van der Waals surface area contributed by atoms with Crippen molar-refractivity contribution in [3.05, 3.63) is 64.1 Å². The van der Waals surface area contributed by atoms with Crippen molar-refractivity contribution >= 4 is 27.5 Å². The van der Waals surface area contributed by atoms with Crippen molar-refractivity contribution in [2.75, 3.05) is 44.2 Å². The van der Waals surface area contributed by atoms with Crippen molar-refractivity contribution in [1.29, 1.82) is 0 Å². The minimum absolute atomic E-state index is 0.0382. The highest BCUT2D eigenvalue weighted by atomic mass is 79.9. The van der Waals surface area contributed by atoms with Gasteiger partial charge in [0.15, 0.2) is 0 Å². The van der Waals surface area contributed by atoms with Gasteiger partial charge in [-0.1, -0.05) is 34.1 Å². The molecule has 0 unspecified atom stereocenters. The molecule has 8 heteroatoms. The lowest BCUT2D eigenvalue weighted by Crippen LogP contribution is -2.51. The minimum Gasteiger partial charge on any atom is -0.368 e. The Bertz CT molecular complexity index is 919. The SMILES string of the molecule is O=C(C1CCN(Cc2ccc(Br)cc2)CC1)N1CCN(c2cccc(C(F)(F)F)c2)CC1. The van der Waals surface area contributed by atoms with Crippen molar-refractivity contribution in [3.8, 4) is 0 Å². The van der Waals surface area contributed by atoms with E-state index in [9.17, 15) is 18.0 Å². The van der Waals surface area contributed by atoms with Crippen LogP contribution in [0.3, 0.4) is 0 Å². The fraction of sp³-hybridized carbons (Fsp3) is 0.458. The van der Waals surface area contributed by atoms with Crippen LogP contribution in [-0.2, 0) is 17.5 Å². The fourth-order valence-corrected chi connectivity index (χ4v) is 4.77. The first kappa shape index (κ1) is 23.1. The zero-order valence-electron chi connectivity index (χ0n) is 17.8. The van der Waals surface area contributed by atoms with E-state index in [0.29, 0.717) is 31.9 Å². The van der Waals surface area contributed by atoms with Crippen LogP contribution >= 0.6 is 15.9 Å². The summed E-state index contributed by atoms with van der Waals surface area (Å²) >= 11 is 3.46. The molecule has 0 atom stereocenters. The van der Waals surface area contributed by atoms with Crippen molar-refractivity contribution in [2.24, 2.45) is 5.92 Å². The molecule has 0 saturated carbocycles. The molecular formula is C24H27BrF3N3O. The summed E-state index contributed by atoms with van der Waals surface area (Å²) < 4.78 is 40.1. The van der Waals surface area contributed by atoms with E-state index in [4.69, 9.17) is 0 Å². The lowest BCUT2D eigenvalue weighted by atomic mass is 9.94. The molecule has 0 aliphatic carbocycles. The average molecular weight is 510 g/mol. The molecule has 2 aliphatic heterocycles. The normalized spacial score (nSPS) is 18.8. The van der Waals surface area contributed by atoms with Crippen LogP contribution in [0.15, 0.2) is 53.0 Å². The number of carbonyl (C=O) groups is 1. The lowest BCUT2D eigenvalue weighted by Gasteiger charge is -2.39. The Hall–Kier alpha value is -2.06. The van der Waals surface area contributed by atoms with Crippen molar-refractivity contribution in [2.45, 2.75) is 25.6 Å². The van der Waals surface area contributed by atoms with Gasteiger partial charge < -0.3 is 9.80 Å². The van der Waals surface area contributed by atoms with Crippen molar-refractivity contribution in [3.63, 3.8) is 0 Å². The predicted molar refractivity (Wildman–Crippen MR) is 122 cm³/mol. The Kier molecular flexibility index (Phi) is 7.10. The second-order valence-electron chi connectivity index (χ2n) is 8.54. The van der Waals surface area contributed by atoms with E-state index in [2.05, 4.69) is 33.0 Å². The Morgan fingerprint density at radius 2 is 1.59 bits per heavy atom. The molecule has 0 bridgehead atoms. The summed E-state index contributed by atoms with van der Waals surface area (Å²) in [6, 6.07) is 13.8. The molecule has 2 saturated heterocycles. The third kappa shape index (κ3) is 5.64. The maximum Gasteiger partial charge on any atom is 0.416 e. The summed E-state index contributed by atoms with van der Waals surface area (Å²) in [5.74, 6) is 0.230. The molecule has 32 heavy (non-hydrogen) atoms. The van der Waals surface area contributed by atoms with Crippen molar-refractivity contribution in [1.82, 2.24) is 9.80 Å². The zero-order chi connectivity index (χ0) is 22.7. The third-order valence-electron chi connectivity index (χ3n) is 6.39. The second kappa shape index (κ2) is 9.83. The van der Waals surface area contributed by atoms with Gasteiger partial charge in [-0.05, 0) is 61.8 Å². The van der Waals surface area contributed by atoms with Crippen LogP contribution < -0.4 is 4.90 Å². The number of carbonyl (C=O) groups excluding carboxylic acids is 1. The van der Waals surface area contributed by atoms with Crippen molar-refractivity contribution < 1.29 is 18.0 Å². The Balaban J connectivity index is 1.26. The molecule has 2 heterocycles. The first-order valence-corrected chi connectivity index (χ1v) is 11.8. The topological polar surface area (TPSA) is 26.8 Å². The van der Waals surface area contributed by atoms with E-state index in [-0.39, 0.29) is 11.8 Å². The quantitative estimate of drug-likeness (QED) is 0.578. The van der Waals surface area contributed by atoms with E-state index >= 15 is 0 Å². The van der Waals surface area contributed by atoms with Crippen LogP contribution in [0, 0.1) is 5.92 Å². The molecule has 0 spiro atoms. The van der Waals surface area contributed by atoms with Gasteiger partial charge in [-0.3, -0.25) is 9.69 Å². The van der Waals surface area contributed by atoms with E-state index in [1.54, 1.807) is 6.07 Å². The minimum atomic E-state index is -4.35. The summed E-state index contributed by atoms with van der Waals surface area (Å²) in [4.78, 5) is 19.2. The van der Waals surface area contributed by atoms with Crippen LogP contribution in [0.25, 0.3) is 0 Å². The number of anilines is 1. The van der Waals surface area contributed by atoms with Crippen LogP contribution in [-0.4, -0.2) is 55.0 Å². The molecule has 172 valence electrons. The summed E-state index contributed by atoms with van der Waals surface area (Å²) in [6.45, 7) is 4.89. The van der Waals surface area contributed by atoms with E-state index in [0.717, 1.165) is 43.0 Å². The van der Waals surface area contributed by atoms with Crippen LogP contribution in [0.5, 0.6) is 0 Å². The average Bonchev–Trinajstić information content (AvgIpc) is 2.80. The molecule has 1 amide bonds. The predicted octanol–water partition coefficient (Wildman–Crippen LogP) is 5.03. The Morgan fingerprint density at radius 3 is 2.22 bits per heavy atom. The first-order chi connectivity index (χ1) is 15.3. The summed E-state index contributed by atoms with van der Waals surface area (Å²) in [7, 11) is 0. The zero-order valence-corrected chi connectivity index (χ0v) is 19.4. The number of piperazine rings is 1. The van der Waals surface area contributed by atoms with E-state index < -0.39 is 11.7 Å². The number of amides is 1. The van der Waals surface area contributed by atoms with E-state index in [1.165, 1.54) is 17.7 Å². The monoisotopic (exact) mass is 509 g/mol. The lowest BCUT2D eigenvalue weighted by molar-refractivity contribution is -0.138.